The van der Waals surface area contributed by atoms with E-state index in [1.807, 2.05) is 35.9 Å². The van der Waals surface area contributed by atoms with E-state index in [2.05, 4.69) is 10.3 Å². The van der Waals surface area contributed by atoms with E-state index < -0.39 is 0 Å². The summed E-state index contributed by atoms with van der Waals surface area (Å²) < 4.78 is 7.07. The summed E-state index contributed by atoms with van der Waals surface area (Å²) in [7, 11) is 3.49. The van der Waals surface area contributed by atoms with E-state index in [4.69, 9.17) is 10.5 Å². The zero-order chi connectivity index (χ0) is 14.5. The van der Waals surface area contributed by atoms with Crippen LogP contribution in [0.25, 0.3) is 11.0 Å². The lowest BCUT2D eigenvalue weighted by molar-refractivity contribution is -0.123. The Morgan fingerprint density at radius 2 is 2.09 bits per heavy atom. The molecule has 124 valence electrons. The first kappa shape index (κ1) is 20.7. The standard InChI is InChI=1S/C14H20N4O2.2ClH/c1-18-12-6-4-3-5-11(12)17-13(18)9-16-14(19)7-10(8-15)20-2;;/h3-6,10H,7-9,15H2,1-2H3,(H,16,19);2*1H. The summed E-state index contributed by atoms with van der Waals surface area (Å²) in [4.78, 5) is 16.3. The Morgan fingerprint density at radius 1 is 1.41 bits per heavy atom. The highest BCUT2D eigenvalue weighted by molar-refractivity contribution is 5.85. The Morgan fingerprint density at radius 3 is 2.68 bits per heavy atom. The number of methoxy groups -OCH3 is 1. The molecule has 0 bridgehead atoms. The molecule has 22 heavy (non-hydrogen) atoms. The molecule has 1 heterocycles. The Bertz CT molecular complexity index is 600. The molecule has 0 radical (unpaired) electrons. The lowest BCUT2D eigenvalue weighted by Gasteiger charge is -2.12. The SMILES string of the molecule is COC(CN)CC(=O)NCc1nc2ccccc2n1C.Cl.Cl. The van der Waals surface area contributed by atoms with Crippen molar-refractivity contribution in [3.05, 3.63) is 30.1 Å². The molecule has 0 aliphatic heterocycles. The van der Waals surface area contributed by atoms with E-state index >= 15 is 0 Å². The molecule has 6 nitrogen and oxygen atoms in total. The van der Waals surface area contributed by atoms with Gasteiger partial charge in [-0.1, -0.05) is 12.1 Å². The second-order valence-electron chi connectivity index (χ2n) is 4.65. The number of aryl methyl sites for hydroxylation is 1. The monoisotopic (exact) mass is 348 g/mol. The first-order valence-corrected chi connectivity index (χ1v) is 6.55. The molecule has 1 unspecified atom stereocenters. The molecule has 0 saturated heterocycles. The summed E-state index contributed by atoms with van der Waals surface area (Å²) in [5.41, 5.74) is 7.47. The van der Waals surface area contributed by atoms with Crippen LogP contribution in [0.2, 0.25) is 0 Å². The minimum Gasteiger partial charge on any atom is -0.380 e. The third-order valence-electron chi connectivity index (χ3n) is 3.33. The van der Waals surface area contributed by atoms with E-state index in [1.165, 1.54) is 0 Å². The van der Waals surface area contributed by atoms with E-state index in [1.54, 1.807) is 7.11 Å². The smallest absolute Gasteiger partial charge is 0.223 e. The van der Waals surface area contributed by atoms with Crippen molar-refractivity contribution in [3.8, 4) is 0 Å². The summed E-state index contributed by atoms with van der Waals surface area (Å²) in [6, 6.07) is 7.87. The van der Waals surface area contributed by atoms with Crippen LogP contribution >= 0.6 is 24.8 Å². The molecule has 0 saturated carbocycles. The van der Waals surface area contributed by atoms with Crippen LogP contribution in [-0.4, -0.2) is 35.2 Å². The van der Waals surface area contributed by atoms with Gasteiger partial charge < -0.3 is 20.4 Å². The van der Waals surface area contributed by atoms with Gasteiger partial charge in [0.05, 0.1) is 30.1 Å². The fourth-order valence-electron chi connectivity index (χ4n) is 2.07. The average molecular weight is 349 g/mol. The lowest BCUT2D eigenvalue weighted by atomic mass is 10.2. The molecular formula is C14H22Cl2N4O2. The fourth-order valence-corrected chi connectivity index (χ4v) is 2.07. The second kappa shape index (κ2) is 9.63. The van der Waals surface area contributed by atoms with Gasteiger partial charge in [0.2, 0.25) is 5.91 Å². The van der Waals surface area contributed by atoms with Crippen LogP contribution in [0.15, 0.2) is 24.3 Å². The van der Waals surface area contributed by atoms with Crippen molar-refractivity contribution in [1.29, 1.82) is 0 Å². The summed E-state index contributed by atoms with van der Waals surface area (Å²) in [5.74, 6) is 0.732. The fraction of sp³-hybridized carbons (Fsp3) is 0.429. The van der Waals surface area contributed by atoms with Gasteiger partial charge >= 0.3 is 0 Å². The molecule has 0 aliphatic carbocycles. The Balaban J connectivity index is 0.00000220. The highest BCUT2D eigenvalue weighted by Crippen LogP contribution is 2.13. The van der Waals surface area contributed by atoms with Crippen molar-refractivity contribution in [2.45, 2.75) is 19.1 Å². The van der Waals surface area contributed by atoms with Crippen LogP contribution in [0.4, 0.5) is 0 Å². The maximum absolute atomic E-state index is 11.8. The number of carbonyl (C=O) groups is 1. The number of para-hydroxylation sites is 2. The summed E-state index contributed by atoms with van der Waals surface area (Å²) >= 11 is 0. The number of rotatable bonds is 6. The number of halogens is 2. The highest BCUT2D eigenvalue weighted by Gasteiger charge is 2.12. The molecule has 0 aliphatic rings. The molecule has 2 aromatic rings. The van der Waals surface area contributed by atoms with Crippen LogP contribution in [0.5, 0.6) is 0 Å². The Labute approximate surface area is 142 Å². The maximum Gasteiger partial charge on any atom is 0.223 e. The molecule has 0 spiro atoms. The van der Waals surface area contributed by atoms with E-state index in [0.29, 0.717) is 13.1 Å². The molecule has 1 amide bonds. The minimum absolute atomic E-state index is 0. The second-order valence-corrected chi connectivity index (χ2v) is 4.65. The van der Waals surface area contributed by atoms with Crippen molar-refractivity contribution in [3.63, 3.8) is 0 Å². The van der Waals surface area contributed by atoms with E-state index in [0.717, 1.165) is 16.9 Å². The minimum atomic E-state index is -0.240. The number of nitrogens with one attached hydrogen (secondary N) is 1. The number of fused-ring (bicyclic) bond motifs is 1. The topological polar surface area (TPSA) is 82.2 Å². The van der Waals surface area contributed by atoms with Crippen LogP contribution in [0.1, 0.15) is 12.2 Å². The van der Waals surface area contributed by atoms with E-state index in [9.17, 15) is 4.79 Å². The molecule has 1 aromatic heterocycles. The zero-order valence-electron chi connectivity index (χ0n) is 12.6. The Kier molecular flexibility index (Phi) is 9.04. The third-order valence-corrected chi connectivity index (χ3v) is 3.33. The number of imidazole rings is 1. The number of nitrogens with zero attached hydrogens (tertiary/aromatic N) is 2. The van der Waals surface area contributed by atoms with E-state index in [-0.39, 0.29) is 43.2 Å². The number of benzene rings is 1. The first-order valence-electron chi connectivity index (χ1n) is 6.55. The van der Waals surface area contributed by atoms with Crippen LogP contribution in [-0.2, 0) is 23.1 Å². The zero-order valence-corrected chi connectivity index (χ0v) is 14.2. The van der Waals surface area contributed by atoms with Gasteiger partial charge in [-0.15, -0.1) is 24.8 Å². The number of ether oxygens (including phenoxy) is 1. The molecular weight excluding hydrogens is 327 g/mol. The van der Waals surface area contributed by atoms with Crippen molar-refractivity contribution in [1.82, 2.24) is 14.9 Å². The molecule has 2 rings (SSSR count). The van der Waals surface area contributed by atoms with Crippen molar-refractivity contribution in [2.75, 3.05) is 13.7 Å². The predicted octanol–water partition coefficient (Wildman–Crippen LogP) is 1.40. The number of hydrogen-bond acceptors (Lipinski definition) is 4. The van der Waals surface area contributed by atoms with Gasteiger partial charge in [-0.05, 0) is 12.1 Å². The van der Waals surface area contributed by atoms with Crippen molar-refractivity contribution < 1.29 is 9.53 Å². The van der Waals surface area contributed by atoms with Gasteiger partial charge in [0, 0.05) is 20.7 Å². The van der Waals surface area contributed by atoms with Crippen molar-refractivity contribution >= 4 is 41.8 Å². The van der Waals surface area contributed by atoms with Crippen LogP contribution < -0.4 is 11.1 Å². The number of aromatic nitrogens is 2. The number of carbonyl (C=O) groups excluding carboxylic acids is 1. The molecule has 1 atom stereocenters. The van der Waals surface area contributed by atoms with Crippen molar-refractivity contribution in [2.24, 2.45) is 12.8 Å². The average Bonchev–Trinajstić information content (AvgIpc) is 2.79. The lowest BCUT2D eigenvalue weighted by Crippen LogP contribution is -2.32. The summed E-state index contributed by atoms with van der Waals surface area (Å²) in [5, 5.41) is 2.84. The van der Waals surface area contributed by atoms with Gasteiger partial charge in [0.15, 0.2) is 0 Å². The number of hydrogen-bond donors (Lipinski definition) is 2. The quantitative estimate of drug-likeness (QED) is 0.826. The molecule has 3 N–H and O–H groups in total. The summed E-state index contributed by atoms with van der Waals surface area (Å²) in [6.45, 7) is 0.723. The highest BCUT2D eigenvalue weighted by atomic mass is 35.5. The van der Waals surface area contributed by atoms with Crippen LogP contribution in [0.3, 0.4) is 0 Å². The van der Waals surface area contributed by atoms with Gasteiger partial charge in [0.1, 0.15) is 5.82 Å². The van der Waals surface area contributed by atoms with Gasteiger partial charge in [-0.2, -0.15) is 0 Å². The maximum atomic E-state index is 11.8. The number of amides is 1. The first-order chi connectivity index (χ1) is 9.65. The number of nitrogens with two attached hydrogens (primary N) is 1. The largest absolute Gasteiger partial charge is 0.380 e. The summed E-state index contributed by atoms with van der Waals surface area (Å²) in [6.07, 6.45) is 0.0205. The predicted molar refractivity (Wildman–Crippen MR) is 91.5 cm³/mol. The molecule has 8 heteroatoms. The molecule has 1 aromatic carbocycles. The van der Waals surface area contributed by atoms with Gasteiger partial charge in [0.25, 0.3) is 0 Å². The van der Waals surface area contributed by atoms with Gasteiger partial charge in [-0.25, -0.2) is 4.98 Å². The normalized spacial score (nSPS) is 11.4. The van der Waals surface area contributed by atoms with Crippen LogP contribution in [0, 0.1) is 0 Å². The Hall–Kier alpha value is -1.34. The third kappa shape index (κ3) is 4.84. The van der Waals surface area contributed by atoms with Gasteiger partial charge in [-0.3, -0.25) is 4.79 Å². The molecule has 0 fully saturated rings.